The van der Waals surface area contributed by atoms with E-state index in [0.717, 1.165) is 5.56 Å². The maximum absolute atomic E-state index is 11.7. The number of nitrogens with zero attached hydrogens (tertiary/aromatic N) is 2. The maximum atomic E-state index is 11.7. The number of aryl methyl sites for hydroxylation is 1. The van der Waals surface area contributed by atoms with Crippen LogP contribution in [0.15, 0.2) is 18.5 Å². The monoisotopic (exact) mass is 228 g/mol. The molecule has 0 amide bonds. The SMILES string of the molecule is CCCS(=O)(=O)N(C)c1cncc(C)c1. The van der Waals surface area contributed by atoms with E-state index >= 15 is 0 Å². The molecule has 0 aliphatic heterocycles. The molecular formula is C10H16N2O2S. The number of pyridine rings is 1. The molecule has 0 radical (unpaired) electrons. The molecule has 4 nitrogen and oxygen atoms in total. The molecule has 84 valence electrons. The average Bonchev–Trinajstić information content (AvgIpc) is 2.16. The van der Waals surface area contributed by atoms with Crippen LogP contribution in [0.1, 0.15) is 18.9 Å². The summed E-state index contributed by atoms with van der Waals surface area (Å²) >= 11 is 0. The van der Waals surface area contributed by atoms with Crippen LogP contribution < -0.4 is 4.31 Å². The second-order valence-electron chi connectivity index (χ2n) is 3.50. The van der Waals surface area contributed by atoms with E-state index in [1.54, 1.807) is 25.5 Å². The lowest BCUT2D eigenvalue weighted by atomic mass is 10.3. The van der Waals surface area contributed by atoms with Crippen molar-refractivity contribution in [1.82, 2.24) is 4.98 Å². The lowest BCUT2D eigenvalue weighted by Gasteiger charge is -2.18. The van der Waals surface area contributed by atoms with Gasteiger partial charge in [-0.25, -0.2) is 8.42 Å². The van der Waals surface area contributed by atoms with Gasteiger partial charge in [-0.3, -0.25) is 9.29 Å². The molecule has 1 heterocycles. The van der Waals surface area contributed by atoms with E-state index in [2.05, 4.69) is 4.98 Å². The van der Waals surface area contributed by atoms with Crippen molar-refractivity contribution in [2.75, 3.05) is 17.1 Å². The molecule has 0 aliphatic rings. The Bertz CT molecular complexity index is 429. The van der Waals surface area contributed by atoms with Crippen molar-refractivity contribution < 1.29 is 8.42 Å². The van der Waals surface area contributed by atoms with Gasteiger partial charge in [0.25, 0.3) is 0 Å². The Morgan fingerprint density at radius 1 is 1.40 bits per heavy atom. The summed E-state index contributed by atoms with van der Waals surface area (Å²) in [4.78, 5) is 3.97. The van der Waals surface area contributed by atoms with Crippen LogP contribution in [0.2, 0.25) is 0 Å². The number of aromatic nitrogens is 1. The van der Waals surface area contributed by atoms with E-state index in [0.29, 0.717) is 12.1 Å². The molecule has 0 fully saturated rings. The summed E-state index contributed by atoms with van der Waals surface area (Å²) in [5.41, 5.74) is 1.56. The van der Waals surface area contributed by atoms with E-state index in [-0.39, 0.29) is 5.75 Å². The van der Waals surface area contributed by atoms with Gasteiger partial charge in [0.05, 0.1) is 17.6 Å². The zero-order valence-electron chi connectivity index (χ0n) is 9.27. The van der Waals surface area contributed by atoms with Gasteiger partial charge >= 0.3 is 0 Å². The molecule has 0 unspecified atom stereocenters. The van der Waals surface area contributed by atoms with Crippen LogP contribution in [0.4, 0.5) is 5.69 Å². The minimum Gasteiger partial charge on any atom is -0.272 e. The molecular weight excluding hydrogens is 212 g/mol. The Morgan fingerprint density at radius 2 is 2.07 bits per heavy atom. The molecule has 0 aromatic carbocycles. The zero-order chi connectivity index (χ0) is 11.5. The van der Waals surface area contributed by atoms with Gasteiger partial charge in [-0.15, -0.1) is 0 Å². The minimum atomic E-state index is -3.19. The van der Waals surface area contributed by atoms with Crippen LogP contribution in [0, 0.1) is 6.92 Å². The Morgan fingerprint density at radius 3 is 2.60 bits per heavy atom. The topological polar surface area (TPSA) is 50.3 Å². The standard InChI is InChI=1S/C10H16N2O2S/c1-4-5-15(13,14)12(3)10-6-9(2)7-11-8-10/h6-8H,4-5H2,1-3H3. The zero-order valence-corrected chi connectivity index (χ0v) is 10.1. The Labute approximate surface area is 91.0 Å². The summed E-state index contributed by atoms with van der Waals surface area (Å²) < 4.78 is 24.8. The molecule has 0 saturated heterocycles. The van der Waals surface area contributed by atoms with Crippen LogP contribution in [0.3, 0.4) is 0 Å². The number of hydrogen-bond acceptors (Lipinski definition) is 3. The highest BCUT2D eigenvalue weighted by molar-refractivity contribution is 7.92. The summed E-state index contributed by atoms with van der Waals surface area (Å²) in [6, 6.07) is 1.81. The summed E-state index contributed by atoms with van der Waals surface area (Å²) in [6.07, 6.45) is 3.87. The van der Waals surface area contributed by atoms with Gasteiger partial charge in [0.1, 0.15) is 0 Å². The summed E-state index contributed by atoms with van der Waals surface area (Å²) in [5.74, 6) is 0.164. The number of hydrogen-bond donors (Lipinski definition) is 0. The Kier molecular flexibility index (Phi) is 3.68. The van der Waals surface area contributed by atoms with Crippen molar-refractivity contribution in [3.8, 4) is 0 Å². The maximum Gasteiger partial charge on any atom is 0.234 e. The van der Waals surface area contributed by atoms with Gasteiger partial charge in [0.15, 0.2) is 0 Å². The molecule has 0 spiro atoms. The van der Waals surface area contributed by atoms with E-state index in [1.165, 1.54) is 4.31 Å². The van der Waals surface area contributed by atoms with Crippen molar-refractivity contribution in [2.45, 2.75) is 20.3 Å². The first kappa shape index (κ1) is 12.0. The molecule has 0 aliphatic carbocycles. The van der Waals surface area contributed by atoms with Gasteiger partial charge in [-0.1, -0.05) is 6.92 Å². The lowest BCUT2D eigenvalue weighted by Crippen LogP contribution is -2.28. The number of rotatable bonds is 4. The van der Waals surface area contributed by atoms with Crippen LogP contribution in [-0.4, -0.2) is 26.2 Å². The highest BCUT2D eigenvalue weighted by Gasteiger charge is 2.17. The van der Waals surface area contributed by atoms with Crippen molar-refractivity contribution in [1.29, 1.82) is 0 Å². The molecule has 1 aromatic heterocycles. The summed E-state index contributed by atoms with van der Waals surface area (Å²) in [6.45, 7) is 3.73. The first-order chi connectivity index (χ1) is 6.97. The fourth-order valence-electron chi connectivity index (χ4n) is 1.27. The smallest absolute Gasteiger partial charge is 0.234 e. The quantitative estimate of drug-likeness (QED) is 0.786. The van der Waals surface area contributed by atoms with Crippen LogP contribution in [-0.2, 0) is 10.0 Å². The summed E-state index contributed by atoms with van der Waals surface area (Å²) in [7, 11) is -1.63. The number of sulfonamides is 1. The molecule has 1 aromatic rings. The fourth-order valence-corrected chi connectivity index (χ4v) is 2.48. The van der Waals surface area contributed by atoms with Crippen molar-refractivity contribution in [3.63, 3.8) is 0 Å². The van der Waals surface area contributed by atoms with Gasteiger partial charge in [0, 0.05) is 13.2 Å². The second-order valence-corrected chi connectivity index (χ2v) is 5.62. The van der Waals surface area contributed by atoms with Crippen molar-refractivity contribution in [2.24, 2.45) is 0 Å². The van der Waals surface area contributed by atoms with Crippen LogP contribution >= 0.6 is 0 Å². The third kappa shape index (κ3) is 2.92. The van der Waals surface area contributed by atoms with Gasteiger partial charge in [0.2, 0.25) is 10.0 Å². The number of anilines is 1. The molecule has 15 heavy (non-hydrogen) atoms. The van der Waals surface area contributed by atoms with Gasteiger partial charge < -0.3 is 0 Å². The molecule has 0 bridgehead atoms. The second kappa shape index (κ2) is 4.61. The molecule has 1 rings (SSSR count). The van der Waals surface area contributed by atoms with E-state index in [1.807, 2.05) is 13.8 Å². The van der Waals surface area contributed by atoms with Crippen LogP contribution in [0.25, 0.3) is 0 Å². The largest absolute Gasteiger partial charge is 0.272 e. The third-order valence-corrected chi connectivity index (χ3v) is 4.07. The van der Waals surface area contributed by atoms with E-state index in [4.69, 9.17) is 0 Å². The average molecular weight is 228 g/mol. The van der Waals surface area contributed by atoms with E-state index in [9.17, 15) is 8.42 Å². The normalized spacial score (nSPS) is 11.4. The van der Waals surface area contributed by atoms with Crippen LogP contribution in [0.5, 0.6) is 0 Å². The van der Waals surface area contributed by atoms with Gasteiger partial charge in [-0.2, -0.15) is 0 Å². The minimum absolute atomic E-state index is 0.164. The highest BCUT2D eigenvalue weighted by atomic mass is 32.2. The molecule has 0 N–H and O–H groups in total. The van der Waals surface area contributed by atoms with Crippen molar-refractivity contribution >= 4 is 15.7 Å². The van der Waals surface area contributed by atoms with Crippen molar-refractivity contribution in [3.05, 3.63) is 24.0 Å². The third-order valence-electron chi connectivity index (χ3n) is 2.10. The molecule has 0 saturated carbocycles. The predicted octanol–water partition coefficient (Wildman–Crippen LogP) is 1.57. The van der Waals surface area contributed by atoms with E-state index < -0.39 is 10.0 Å². The highest BCUT2D eigenvalue weighted by Crippen LogP contribution is 2.16. The first-order valence-electron chi connectivity index (χ1n) is 4.85. The first-order valence-corrected chi connectivity index (χ1v) is 6.46. The predicted molar refractivity (Wildman–Crippen MR) is 61.5 cm³/mol. The molecule has 0 atom stereocenters. The fraction of sp³-hybridized carbons (Fsp3) is 0.500. The molecule has 5 heteroatoms. The van der Waals surface area contributed by atoms with Gasteiger partial charge in [-0.05, 0) is 25.0 Å². The lowest BCUT2D eigenvalue weighted by molar-refractivity contribution is 0.593. The Hall–Kier alpha value is -1.10. The summed E-state index contributed by atoms with van der Waals surface area (Å²) in [5, 5.41) is 0. The Balaban J connectivity index is 2.99.